The Morgan fingerprint density at radius 3 is 3.05 bits per heavy atom. The number of aliphatic imine (C=N–C) groups is 1. The summed E-state index contributed by atoms with van der Waals surface area (Å²) < 4.78 is 10.6. The highest BCUT2D eigenvalue weighted by Gasteiger charge is 2.24. The van der Waals surface area contributed by atoms with Crippen LogP contribution in [0.1, 0.15) is 37.6 Å². The summed E-state index contributed by atoms with van der Waals surface area (Å²) in [6, 6.07) is 2.00. The molecule has 6 nitrogen and oxygen atoms in total. The second-order valence-corrected chi connectivity index (χ2v) is 5.83. The Labute approximate surface area is 126 Å². The van der Waals surface area contributed by atoms with Gasteiger partial charge in [-0.2, -0.15) is 0 Å². The molecule has 1 atom stereocenters. The summed E-state index contributed by atoms with van der Waals surface area (Å²) in [7, 11) is 3.57. The molecule has 0 bridgehead atoms. The molecule has 118 valence electrons. The number of hydrogen-bond donors (Lipinski definition) is 1. The van der Waals surface area contributed by atoms with Crippen LogP contribution < -0.4 is 5.32 Å². The lowest BCUT2D eigenvalue weighted by molar-refractivity contribution is 0.157. The number of rotatable bonds is 5. The summed E-state index contributed by atoms with van der Waals surface area (Å²) in [4.78, 5) is 6.62. The van der Waals surface area contributed by atoms with Crippen LogP contribution in [0.5, 0.6) is 0 Å². The fraction of sp³-hybridized carbons (Fsp3) is 0.733. The first kappa shape index (κ1) is 15.8. The van der Waals surface area contributed by atoms with E-state index in [9.17, 15) is 0 Å². The standard InChI is InChI=1S/C15H26N4O2/c1-11(2)14-7-13(21-18-14)8-17-15(16-3)19-6-5-12(9-19)10-20-4/h7,11-12H,5-6,8-10H2,1-4H3,(H,16,17). The van der Waals surface area contributed by atoms with Gasteiger partial charge in [0.2, 0.25) is 0 Å². The van der Waals surface area contributed by atoms with Gasteiger partial charge in [-0.15, -0.1) is 0 Å². The third kappa shape index (κ3) is 4.20. The maximum Gasteiger partial charge on any atom is 0.194 e. The van der Waals surface area contributed by atoms with Crippen LogP contribution in [0, 0.1) is 5.92 Å². The minimum atomic E-state index is 0.384. The van der Waals surface area contributed by atoms with Gasteiger partial charge >= 0.3 is 0 Å². The quantitative estimate of drug-likeness (QED) is 0.663. The number of methoxy groups -OCH3 is 1. The topological polar surface area (TPSA) is 62.9 Å². The molecule has 1 saturated heterocycles. The zero-order valence-electron chi connectivity index (χ0n) is 13.4. The van der Waals surface area contributed by atoms with Crippen molar-refractivity contribution < 1.29 is 9.26 Å². The average Bonchev–Trinajstić information content (AvgIpc) is 3.09. The molecule has 0 aliphatic carbocycles. The molecule has 1 aromatic rings. The normalized spacial score (nSPS) is 19.6. The summed E-state index contributed by atoms with van der Waals surface area (Å²) in [6.45, 7) is 7.63. The van der Waals surface area contributed by atoms with E-state index in [-0.39, 0.29) is 0 Å². The molecule has 2 rings (SSSR count). The maximum absolute atomic E-state index is 5.34. The van der Waals surface area contributed by atoms with E-state index in [0.29, 0.717) is 18.4 Å². The number of likely N-dealkylation sites (tertiary alicyclic amines) is 1. The molecule has 1 aliphatic rings. The van der Waals surface area contributed by atoms with Gasteiger partial charge in [-0.1, -0.05) is 19.0 Å². The van der Waals surface area contributed by atoms with E-state index in [1.807, 2.05) is 13.1 Å². The predicted octanol–water partition coefficient (Wildman–Crippen LogP) is 1.84. The Morgan fingerprint density at radius 2 is 2.43 bits per heavy atom. The second-order valence-electron chi connectivity index (χ2n) is 5.83. The van der Waals surface area contributed by atoms with Crippen LogP contribution >= 0.6 is 0 Å². The number of nitrogens with zero attached hydrogens (tertiary/aromatic N) is 3. The van der Waals surface area contributed by atoms with E-state index in [1.165, 1.54) is 0 Å². The van der Waals surface area contributed by atoms with E-state index in [1.54, 1.807) is 7.11 Å². The number of hydrogen-bond acceptors (Lipinski definition) is 4. The van der Waals surface area contributed by atoms with Crippen molar-refractivity contribution in [3.05, 3.63) is 17.5 Å². The van der Waals surface area contributed by atoms with Crippen LogP contribution in [0.25, 0.3) is 0 Å². The third-order valence-corrected chi connectivity index (χ3v) is 3.79. The first-order valence-electron chi connectivity index (χ1n) is 7.54. The van der Waals surface area contributed by atoms with Crippen LogP contribution in [0.2, 0.25) is 0 Å². The zero-order valence-corrected chi connectivity index (χ0v) is 13.4. The Bertz CT molecular complexity index is 470. The highest BCUT2D eigenvalue weighted by atomic mass is 16.5. The largest absolute Gasteiger partial charge is 0.384 e. The lowest BCUT2D eigenvalue weighted by Crippen LogP contribution is -2.39. The minimum Gasteiger partial charge on any atom is -0.384 e. The van der Waals surface area contributed by atoms with Crippen molar-refractivity contribution in [2.24, 2.45) is 10.9 Å². The zero-order chi connectivity index (χ0) is 15.2. The molecule has 0 radical (unpaired) electrons. The van der Waals surface area contributed by atoms with Crippen molar-refractivity contribution in [2.75, 3.05) is 33.9 Å². The number of aromatic nitrogens is 1. The monoisotopic (exact) mass is 294 g/mol. The van der Waals surface area contributed by atoms with E-state index in [0.717, 1.165) is 43.5 Å². The van der Waals surface area contributed by atoms with Crippen molar-refractivity contribution in [1.82, 2.24) is 15.4 Å². The van der Waals surface area contributed by atoms with Gasteiger partial charge in [0.15, 0.2) is 11.7 Å². The maximum atomic E-state index is 5.34. The van der Waals surface area contributed by atoms with Gasteiger partial charge < -0.3 is 19.5 Å². The summed E-state index contributed by atoms with van der Waals surface area (Å²) in [5.74, 6) is 2.73. The Kier molecular flexibility index (Phi) is 5.61. The molecule has 0 spiro atoms. The summed E-state index contributed by atoms with van der Waals surface area (Å²) in [6.07, 6.45) is 1.15. The summed E-state index contributed by atoms with van der Waals surface area (Å²) >= 11 is 0. The molecule has 1 unspecified atom stereocenters. The Morgan fingerprint density at radius 1 is 1.62 bits per heavy atom. The third-order valence-electron chi connectivity index (χ3n) is 3.79. The average molecular weight is 294 g/mol. The Balaban J connectivity index is 1.85. The van der Waals surface area contributed by atoms with Crippen molar-refractivity contribution >= 4 is 5.96 Å². The van der Waals surface area contributed by atoms with Crippen LogP contribution in [-0.2, 0) is 11.3 Å². The van der Waals surface area contributed by atoms with E-state index < -0.39 is 0 Å². The van der Waals surface area contributed by atoms with Crippen LogP contribution in [0.4, 0.5) is 0 Å². The van der Waals surface area contributed by atoms with Gasteiger partial charge in [-0.05, 0) is 12.3 Å². The highest BCUT2D eigenvalue weighted by Crippen LogP contribution is 2.17. The summed E-state index contributed by atoms with van der Waals surface area (Å²) in [5, 5.41) is 7.41. The molecule has 0 aromatic carbocycles. The van der Waals surface area contributed by atoms with Crippen LogP contribution in [-0.4, -0.2) is 49.9 Å². The molecule has 0 amide bonds. The van der Waals surface area contributed by atoms with E-state index in [2.05, 4.69) is 34.2 Å². The first-order chi connectivity index (χ1) is 10.1. The van der Waals surface area contributed by atoms with Gasteiger partial charge in [0.05, 0.1) is 18.8 Å². The lowest BCUT2D eigenvalue weighted by Gasteiger charge is -2.21. The number of ether oxygens (including phenoxy) is 1. The van der Waals surface area contributed by atoms with Gasteiger partial charge in [-0.25, -0.2) is 0 Å². The molecule has 1 aliphatic heterocycles. The first-order valence-corrected chi connectivity index (χ1v) is 7.54. The van der Waals surface area contributed by atoms with Gasteiger partial charge in [-0.3, -0.25) is 4.99 Å². The van der Waals surface area contributed by atoms with Crippen molar-refractivity contribution in [1.29, 1.82) is 0 Å². The van der Waals surface area contributed by atoms with Gasteiger partial charge in [0.1, 0.15) is 0 Å². The van der Waals surface area contributed by atoms with Crippen molar-refractivity contribution in [3.8, 4) is 0 Å². The fourth-order valence-corrected chi connectivity index (χ4v) is 2.58. The van der Waals surface area contributed by atoms with Gasteiger partial charge in [0, 0.05) is 39.2 Å². The molecule has 0 saturated carbocycles. The molecule has 21 heavy (non-hydrogen) atoms. The number of guanidine groups is 1. The van der Waals surface area contributed by atoms with Crippen molar-refractivity contribution in [2.45, 2.75) is 32.7 Å². The van der Waals surface area contributed by atoms with Gasteiger partial charge in [0.25, 0.3) is 0 Å². The van der Waals surface area contributed by atoms with Crippen molar-refractivity contribution in [3.63, 3.8) is 0 Å². The Hall–Kier alpha value is -1.56. The minimum absolute atomic E-state index is 0.384. The molecule has 1 N–H and O–H groups in total. The number of nitrogens with one attached hydrogen (secondary N) is 1. The fourth-order valence-electron chi connectivity index (χ4n) is 2.58. The van der Waals surface area contributed by atoms with Crippen LogP contribution in [0.3, 0.4) is 0 Å². The molecular formula is C15H26N4O2. The molecule has 2 heterocycles. The van der Waals surface area contributed by atoms with E-state index in [4.69, 9.17) is 9.26 Å². The highest BCUT2D eigenvalue weighted by molar-refractivity contribution is 5.80. The molecule has 6 heteroatoms. The lowest BCUT2D eigenvalue weighted by atomic mass is 10.1. The molecule has 1 fully saturated rings. The second kappa shape index (κ2) is 7.45. The van der Waals surface area contributed by atoms with Crippen LogP contribution in [0.15, 0.2) is 15.6 Å². The molecular weight excluding hydrogens is 268 g/mol. The smallest absolute Gasteiger partial charge is 0.194 e. The van der Waals surface area contributed by atoms with E-state index >= 15 is 0 Å². The molecule has 1 aromatic heterocycles. The summed E-state index contributed by atoms with van der Waals surface area (Å²) in [5.41, 5.74) is 0.989. The SMILES string of the molecule is CN=C(NCc1cc(C(C)C)no1)N1CCC(COC)C1. The predicted molar refractivity (Wildman–Crippen MR) is 82.3 cm³/mol.